The van der Waals surface area contributed by atoms with Crippen LogP contribution in [0.25, 0.3) is 0 Å². The van der Waals surface area contributed by atoms with Crippen LogP contribution in [-0.4, -0.2) is 22.4 Å². The number of pyridine rings is 1. The molecule has 4 nitrogen and oxygen atoms in total. The lowest BCUT2D eigenvalue weighted by Crippen LogP contribution is -2.22. The van der Waals surface area contributed by atoms with E-state index < -0.39 is 42.1 Å². The molecule has 0 saturated carbocycles. The van der Waals surface area contributed by atoms with Crippen molar-refractivity contribution in [3.8, 4) is 5.88 Å². The molecule has 1 aromatic rings. The topological polar surface area (TPSA) is 59.4 Å². The van der Waals surface area contributed by atoms with E-state index in [-0.39, 0.29) is 10.9 Å². The Morgan fingerprint density at radius 3 is 2.19 bits per heavy atom. The molecule has 1 N–H and O–H groups in total. The minimum Gasteiger partial charge on any atom is -0.481 e. The molecule has 1 heterocycles. The summed E-state index contributed by atoms with van der Waals surface area (Å²) < 4.78 is 78.1. The third kappa shape index (κ3) is 5.06. The van der Waals surface area contributed by atoms with Crippen LogP contribution in [0.1, 0.15) is 16.8 Å². The Morgan fingerprint density at radius 1 is 1.24 bits per heavy atom. The number of nitrogens with zero attached hydrogens (tertiary/aromatic N) is 1. The third-order valence-electron chi connectivity index (χ3n) is 2.11. The average molecular weight is 382 g/mol. The van der Waals surface area contributed by atoms with Gasteiger partial charge in [0, 0.05) is 10.9 Å². The molecule has 0 bridgehead atoms. The molecule has 0 aromatic carbocycles. The van der Waals surface area contributed by atoms with E-state index in [0.717, 1.165) is 0 Å². The van der Waals surface area contributed by atoms with Crippen LogP contribution in [0.5, 0.6) is 5.88 Å². The summed E-state index contributed by atoms with van der Waals surface area (Å²) in [5.74, 6) is -2.85. The largest absolute Gasteiger partial charge is 0.574 e. The first-order valence-corrected chi connectivity index (χ1v) is 6.19. The summed E-state index contributed by atoms with van der Waals surface area (Å²) in [6.07, 6.45) is -11.4. The lowest BCUT2D eigenvalue weighted by molar-refractivity contribution is -0.276. The molecule has 1 aromatic heterocycles. The van der Waals surface area contributed by atoms with Gasteiger partial charge in [0.05, 0.1) is 6.42 Å². The third-order valence-corrected chi connectivity index (χ3v) is 2.71. The van der Waals surface area contributed by atoms with Crippen molar-refractivity contribution in [2.45, 2.75) is 24.3 Å². The van der Waals surface area contributed by atoms with Crippen LogP contribution < -0.4 is 4.74 Å². The molecule has 0 spiro atoms. The van der Waals surface area contributed by atoms with Crippen LogP contribution in [0.15, 0.2) is 6.07 Å². The number of carboxylic acids is 1. The molecule has 0 fully saturated rings. The predicted molar refractivity (Wildman–Crippen MR) is 59.9 cm³/mol. The molecule has 0 aliphatic rings. The Morgan fingerprint density at radius 2 is 1.81 bits per heavy atom. The summed E-state index contributed by atoms with van der Waals surface area (Å²) >= 11 is 2.78. The van der Waals surface area contributed by atoms with Gasteiger partial charge >= 0.3 is 18.5 Å². The van der Waals surface area contributed by atoms with Crippen molar-refractivity contribution in [1.82, 2.24) is 4.98 Å². The number of carboxylic acid groups (broad SMARTS) is 1. The maximum atomic E-state index is 12.7. The van der Waals surface area contributed by atoms with Gasteiger partial charge < -0.3 is 9.84 Å². The molecule has 0 atom stereocenters. The van der Waals surface area contributed by atoms with E-state index >= 15 is 0 Å². The van der Waals surface area contributed by atoms with Crippen LogP contribution in [-0.2, 0) is 22.7 Å². The number of ether oxygens (including phenoxy) is 1. The van der Waals surface area contributed by atoms with Gasteiger partial charge in [-0.25, -0.2) is 4.98 Å². The van der Waals surface area contributed by atoms with Crippen molar-refractivity contribution in [2.75, 3.05) is 0 Å². The fraction of sp³-hybridized carbons (Fsp3) is 0.400. The molecule has 21 heavy (non-hydrogen) atoms. The second-order valence-corrected chi connectivity index (χ2v) is 4.27. The molecule has 1 rings (SSSR count). The number of hydrogen-bond acceptors (Lipinski definition) is 3. The molecular weight excluding hydrogens is 376 g/mol. The predicted octanol–water partition coefficient (Wildman–Crippen LogP) is 3.52. The maximum absolute atomic E-state index is 12.7. The number of aromatic nitrogens is 1. The van der Waals surface area contributed by atoms with Crippen molar-refractivity contribution < 1.29 is 41.0 Å². The number of carbonyl (C=O) groups is 1. The first kappa shape index (κ1) is 17.5. The molecule has 0 aliphatic carbocycles. The first-order chi connectivity index (χ1) is 9.44. The maximum Gasteiger partial charge on any atom is 0.574 e. The fourth-order valence-electron chi connectivity index (χ4n) is 1.42. The van der Waals surface area contributed by atoms with Crippen molar-refractivity contribution >= 4 is 21.9 Å². The normalized spacial score (nSPS) is 12.3. The van der Waals surface area contributed by atoms with Crippen molar-refractivity contribution in [3.05, 3.63) is 22.9 Å². The monoisotopic (exact) mass is 381 g/mol. The van der Waals surface area contributed by atoms with Gasteiger partial charge in [-0.15, -0.1) is 13.2 Å². The smallest absolute Gasteiger partial charge is 0.481 e. The van der Waals surface area contributed by atoms with E-state index in [2.05, 4.69) is 25.7 Å². The van der Waals surface area contributed by atoms with Gasteiger partial charge in [0.15, 0.2) is 5.69 Å². The van der Waals surface area contributed by atoms with Crippen LogP contribution in [0.2, 0.25) is 0 Å². The highest BCUT2D eigenvalue weighted by Gasteiger charge is 2.39. The Labute approximate surface area is 121 Å². The SMILES string of the molecule is O=C(O)Cc1cc(CBr)c(OC(F)(F)F)nc1C(F)(F)F. The van der Waals surface area contributed by atoms with Crippen LogP contribution in [0, 0.1) is 0 Å². The van der Waals surface area contributed by atoms with E-state index in [4.69, 9.17) is 5.11 Å². The van der Waals surface area contributed by atoms with Crippen molar-refractivity contribution in [2.24, 2.45) is 0 Å². The summed E-state index contributed by atoms with van der Waals surface area (Å²) in [7, 11) is 0. The number of alkyl halides is 7. The average Bonchev–Trinajstić information content (AvgIpc) is 2.26. The summed E-state index contributed by atoms with van der Waals surface area (Å²) in [4.78, 5) is 13.3. The van der Waals surface area contributed by atoms with Crippen molar-refractivity contribution in [1.29, 1.82) is 0 Å². The first-order valence-electron chi connectivity index (χ1n) is 5.07. The summed E-state index contributed by atoms with van der Waals surface area (Å²) in [5.41, 5.74) is -2.83. The van der Waals surface area contributed by atoms with E-state index in [0.29, 0.717) is 6.07 Å². The molecule has 0 unspecified atom stereocenters. The molecular formula is C10H6BrF6NO3. The summed E-state index contributed by atoms with van der Waals surface area (Å²) in [6.45, 7) is 0. The quantitative estimate of drug-likeness (QED) is 0.640. The zero-order chi connectivity index (χ0) is 16.4. The van der Waals surface area contributed by atoms with Gasteiger partial charge in [0.2, 0.25) is 5.88 Å². The minimum atomic E-state index is -5.22. The van der Waals surface area contributed by atoms with Crippen LogP contribution in [0.3, 0.4) is 0 Å². The highest BCUT2D eigenvalue weighted by molar-refractivity contribution is 9.08. The summed E-state index contributed by atoms with van der Waals surface area (Å²) in [5, 5.41) is 8.26. The van der Waals surface area contributed by atoms with E-state index in [1.165, 1.54) is 0 Å². The number of aliphatic carboxylic acids is 1. The zero-order valence-electron chi connectivity index (χ0n) is 9.85. The molecule has 0 saturated heterocycles. The number of halogens is 7. The minimum absolute atomic E-state index is 0.295. The summed E-state index contributed by atoms with van der Waals surface area (Å²) in [6, 6.07) is 0.666. The molecule has 11 heteroatoms. The van der Waals surface area contributed by atoms with Gasteiger partial charge in [-0.05, 0) is 11.6 Å². The van der Waals surface area contributed by atoms with Crippen LogP contribution in [0.4, 0.5) is 26.3 Å². The Kier molecular flexibility index (Phi) is 5.07. The second kappa shape index (κ2) is 6.08. The lowest BCUT2D eigenvalue weighted by Gasteiger charge is -2.16. The highest BCUT2D eigenvalue weighted by atomic mass is 79.9. The van der Waals surface area contributed by atoms with Gasteiger partial charge in [-0.2, -0.15) is 13.2 Å². The molecule has 0 radical (unpaired) electrons. The number of hydrogen-bond donors (Lipinski definition) is 1. The molecule has 0 amide bonds. The standard InChI is InChI=1S/C10H6BrF6NO3/c11-3-5-1-4(2-6(19)20)7(9(12,13)14)18-8(5)21-10(15,16)17/h1H,2-3H2,(H,19,20). The van der Waals surface area contributed by atoms with Gasteiger partial charge in [-0.1, -0.05) is 15.9 Å². The Balaban J connectivity index is 3.44. The number of rotatable bonds is 4. The Bertz CT molecular complexity index is 543. The second-order valence-electron chi connectivity index (χ2n) is 3.71. The van der Waals surface area contributed by atoms with Gasteiger partial charge in [0.1, 0.15) is 0 Å². The molecule has 0 aliphatic heterocycles. The van der Waals surface area contributed by atoms with Crippen LogP contribution >= 0.6 is 15.9 Å². The zero-order valence-corrected chi connectivity index (χ0v) is 11.4. The van der Waals surface area contributed by atoms with E-state index in [1.54, 1.807) is 0 Å². The van der Waals surface area contributed by atoms with E-state index in [1.807, 2.05) is 0 Å². The molecule has 118 valence electrons. The van der Waals surface area contributed by atoms with Gasteiger partial charge in [-0.3, -0.25) is 4.79 Å². The van der Waals surface area contributed by atoms with Gasteiger partial charge in [0.25, 0.3) is 0 Å². The highest BCUT2D eigenvalue weighted by Crippen LogP contribution is 2.35. The lowest BCUT2D eigenvalue weighted by atomic mass is 10.1. The Hall–Kier alpha value is -1.52. The van der Waals surface area contributed by atoms with E-state index in [9.17, 15) is 31.1 Å². The fourth-order valence-corrected chi connectivity index (χ4v) is 1.82. The van der Waals surface area contributed by atoms with Crippen molar-refractivity contribution in [3.63, 3.8) is 0 Å².